The lowest BCUT2D eigenvalue weighted by Crippen LogP contribution is -2.51. The SMILES string of the molecule is CCNC1(C(=O)OC)CCCc2ccccc21. The lowest BCUT2D eigenvalue weighted by atomic mass is 9.76. The van der Waals surface area contributed by atoms with E-state index in [4.69, 9.17) is 4.74 Å². The van der Waals surface area contributed by atoms with Gasteiger partial charge >= 0.3 is 5.97 Å². The second-order valence-electron chi connectivity index (χ2n) is 4.44. The van der Waals surface area contributed by atoms with E-state index in [2.05, 4.69) is 11.4 Å². The molecule has 0 saturated heterocycles. The summed E-state index contributed by atoms with van der Waals surface area (Å²) in [6.07, 6.45) is 2.87. The molecule has 1 aliphatic rings. The van der Waals surface area contributed by atoms with Gasteiger partial charge < -0.3 is 4.74 Å². The van der Waals surface area contributed by atoms with E-state index >= 15 is 0 Å². The fourth-order valence-corrected chi connectivity index (χ4v) is 2.78. The van der Waals surface area contributed by atoms with Crippen molar-refractivity contribution in [3.8, 4) is 0 Å². The van der Waals surface area contributed by atoms with Crippen molar-refractivity contribution in [2.75, 3.05) is 13.7 Å². The monoisotopic (exact) mass is 233 g/mol. The summed E-state index contributed by atoms with van der Waals surface area (Å²) in [4.78, 5) is 12.2. The number of benzene rings is 1. The summed E-state index contributed by atoms with van der Waals surface area (Å²) < 4.78 is 5.00. The van der Waals surface area contributed by atoms with E-state index in [9.17, 15) is 4.79 Å². The fraction of sp³-hybridized carbons (Fsp3) is 0.500. The Morgan fingerprint density at radius 3 is 2.94 bits per heavy atom. The standard InChI is InChI=1S/C14H19NO2/c1-3-15-14(13(16)17-2)10-6-8-11-7-4-5-9-12(11)14/h4-5,7,9,15H,3,6,8,10H2,1-2H3. The van der Waals surface area contributed by atoms with Crippen LogP contribution in [-0.2, 0) is 21.5 Å². The number of hydrogen-bond acceptors (Lipinski definition) is 3. The number of nitrogens with one attached hydrogen (secondary N) is 1. The highest BCUT2D eigenvalue weighted by Crippen LogP contribution is 2.36. The van der Waals surface area contributed by atoms with Gasteiger partial charge in [0.25, 0.3) is 0 Å². The van der Waals surface area contributed by atoms with Crippen LogP contribution < -0.4 is 5.32 Å². The number of esters is 1. The Morgan fingerprint density at radius 1 is 1.47 bits per heavy atom. The molecule has 0 fully saturated rings. The molecule has 0 saturated carbocycles. The number of aryl methyl sites for hydroxylation is 1. The van der Waals surface area contributed by atoms with Crippen LogP contribution in [0.2, 0.25) is 0 Å². The molecular weight excluding hydrogens is 214 g/mol. The topological polar surface area (TPSA) is 38.3 Å². The summed E-state index contributed by atoms with van der Waals surface area (Å²) in [5.41, 5.74) is 1.70. The Hall–Kier alpha value is -1.35. The molecule has 1 atom stereocenters. The minimum atomic E-state index is -0.641. The lowest BCUT2D eigenvalue weighted by molar-refractivity contribution is -0.150. The Morgan fingerprint density at radius 2 is 2.24 bits per heavy atom. The van der Waals surface area contributed by atoms with Crippen LogP contribution in [0.4, 0.5) is 0 Å². The van der Waals surface area contributed by atoms with Gasteiger partial charge in [-0.25, -0.2) is 4.79 Å². The van der Waals surface area contributed by atoms with Crippen LogP contribution in [0.25, 0.3) is 0 Å². The third-order valence-electron chi connectivity index (χ3n) is 3.49. The molecule has 92 valence electrons. The molecule has 1 aliphatic carbocycles. The zero-order valence-corrected chi connectivity index (χ0v) is 10.5. The molecule has 0 radical (unpaired) electrons. The summed E-state index contributed by atoms with van der Waals surface area (Å²) in [7, 11) is 1.46. The lowest BCUT2D eigenvalue weighted by Gasteiger charge is -2.37. The Balaban J connectivity index is 2.50. The summed E-state index contributed by atoms with van der Waals surface area (Å²) in [5.74, 6) is -0.175. The number of likely N-dealkylation sites (N-methyl/N-ethyl adjacent to an activating group) is 1. The highest BCUT2D eigenvalue weighted by Gasteiger charge is 2.43. The molecule has 0 amide bonds. The van der Waals surface area contributed by atoms with Crippen molar-refractivity contribution in [2.24, 2.45) is 0 Å². The van der Waals surface area contributed by atoms with Gasteiger partial charge in [0.15, 0.2) is 0 Å². The first-order valence-corrected chi connectivity index (χ1v) is 6.16. The van der Waals surface area contributed by atoms with Crippen molar-refractivity contribution >= 4 is 5.97 Å². The maximum atomic E-state index is 12.2. The van der Waals surface area contributed by atoms with Gasteiger partial charge in [-0.3, -0.25) is 5.32 Å². The second kappa shape index (κ2) is 4.88. The van der Waals surface area contributed by atoms with Crippen LogP contribution in [0.1, 0.15) is 30.9 Å². The van der Waals surface area contributed by atoms with Crippen molar-refractivity contribution in [3.05, 3.63) is 35.4 Å². The van der Waals surface area contributed by atoms with Crippen molar-refractivity contribution in [3.63, 3.8) is 0 Å². The molecule has 0 spiro atoms. The van der Waals surface area contributed by atoms with Crippen LogP contribution >= 0.6 is 0 Å². The number of methoxy groups -OCH3 is 1. The van der Waals surface area contributed by atoms with E-state index in [0.717, 1.165) is 31.4 Å². The molecule has 0 heterocycles. The van der Waals surface area contributed by atoms with E-state index in [1.807, 2.05) is 25.1 Å². The van der Waals surface area contributed by atoms with E-state index in [0.29, 0.717) is 0 Å². The number of fused-ring (bicyclic) bond motifs is 1. The molecule has 0 aromatic heterocycles. The van der Waals surface area contributed by atoms with Gasteiger partial charge in [0.1, 0.15) is 5.54 Å². The highest BCUT2D eigenvalue weighted by atomic mass is 16.5. The van der Waals surface area contributed by atoms with Crippen LogP contribution in [0.15, 0.2) is 24.3 Å². The maximum absolute atomic E-state index is 12.2. The summed E-state index contributed by atoms with van der Waals surface area (Å²) >= 11 is 0. The zero-order valence-electron chi connectivity index (χ0n) is 10.5. The van der Waals surface area contributed by atoms with E-state index in [1.54, 1.807) is 0 Å². The minimum Gasteiger partial charge on any atom is -0.467 e. The zero-order chi connectivity index (χ0) is 12.3. The van der Waals surface area contributed by atoms with E-state index < -0.39 is 5.54 Å². The molecular formula is C14H19NO2. The van der Waals surface area contributed by atoms with Crippen LogP contribution in [0.3, 0.4) is 0 Å². The molecule has 1 aromatic rings. The molecule has 2 rings (SSSR count). The third-order valence-corrected chi connectivity index (χ3v) is 3.49. The van der Waals surface area contributed by atoms with E-state index in [-0.39, 0.29) is 5.97 Å². The Kier molecular flexibility index (Phi) is 3.48. The summed E-state index contributed by atoms with van der Waals surface area (Å²) in [6.45, 7) is 2.77. The smallest absolute Gasteiger partial charge is 0.330 e. The van der Waals surface area contributed by atoms with Crippen LogP contribution in [0.5, 0.6) is 0 Å². The van der Waals surface area contributed by atoms with Gasteiger partial charge in [-0.1, -0.05) is 31.2 Å². The van der Waals surface area contributed by atoms with Crippen molar-refractivity contribution in [1.82, 2.24) is 5.32 Å². The predicted molar refractivity (Wildman–Crippen MR) is 66.8 cm³/mol. The first kappa shape index (κ1) is 12.1. The molecule has 0 bridgehead atoms. The third kappa shape index (κ3) is 1.95. The van der Waals surface area contributed by atoms with Gasteiger partial charge in [0, 0.05) is 0 Å². The molecule has 3 nitrogen and oxygen atoms in total. The predicted octanol–water partition coefficient (Wildman–Crippen LogP) is 2.00. The number of hydrogen-bond donors (Lipinski definition) is 1. The van der Waals surface area contributed by atoms with Gasteiger partial charge in [0.05, 0.1) is 7.11 Å². The number of rotatable bonds is 3. The Bertz CT molecular complexity index is 416. The molecule has 1 aromatic carbocycles. The normalized spacial score (nSPS) is 22.9. The molecule has 3 heteroatoms. The molecule has 17 heavy (non-hydrogen) atoms. The second-order valence-corrected chi connectivity index (χ2v) is 4.44. The van der Waals surface area contributed by atoms with E-state index in [1.165, 1.54) is 12.7 Å². The average Bonchev–Trinajstić information content (AvgIpc) is 2.38. The van der Waals surface area contributed by atoms with Gasteiger partial charge in [-0.15, -0.1) is 0 Å². The number of carbonyl (C=O) groups is 1. The first-order chi connectivity index (χ1) is 8.24. The van der Waals surface area contributed by atoms with Crippen LogP contribution in [-0.4, -0.2) is 19.6 Å². The number of carbonyl (C=O) groups excluding carboxylic acids is 1. The largest absolute Gasteiger partial charge is 0.467 e. The quantitative estimate of drug-likeness (QED) is 0.811. The maximum Gasteiger partial charge on any atom is 0.330 e. The van der Waals surface area contributed by atoms with Gasteiger partial charge in [0.2, 0.25) is 0 Å². The van der Waals surface area contributed by atoms with Gasteiger partial charge in [-0.2, -0.15) is 0 Å². The minimum absolute atomic E-state index is 0.175. The highest BCUT2D eigenvalue weighted by molar-refractivity contribution is 5.83. The molecule has 0 aliphatic heterocycles. The average molecular weight is 233 g/mol. The fourth-order valence-electron chi connectivity index (χ4n) is 2.78. The van der Waals surface area contributed by atoms with Crippen LogP contribution in [0, 0.1) is 0 Å². The molecule has 1 N–H and O–H groups in total. The summed E-state index contributed by atoms with van der Waals surface area (Å²) in [5, 5.41) is 3.33. The van der Waals surface area contributed by atoms with Crippen molar-refractivity contribution < 1.29 is 9.53 Å². The molecule has 1 unspecified atom stereocenters. The number of ether oxygens (including phenoxy) is 1. The Labute approximate surface area is 102 Å². The van der Waals surface area contributed by atoms with Crippen molar-refractivity contribution in [1.29, 1.82) is 0 Å². The van der Waals surface area contributed by atoms with Crippen molar-refractivity contribution in [2.45, 2.75) is 31.7 Å². The van der Waals surface area contributed by atoms with Gasteiger partial charge in [-0.05, 0) is 36.9 Å². The summed E-state index contributed by atoms with van der Waals surface area (Å²) in [6, 6.07) is 8.15. The first-order valence-electron chi connectivity index (χ1n) is 6.16.